The normalized spacial score (nSPS) is 10.8. The Kier molecular flexibility index (Phi) is 4.90. The molecule has 0 saturated carbocycles. The Morgan fingerprint density at radius 1 is 1.39 bits per heavy atom. The highest BCUT2D eigenvalue weighted by Crippen LogP contribution is 2.19. The van der Waals surface area contributed by atoms with E-state index in [0.717, 1.165) is 18.2 Å². The lowest BCUT2D eigenvalue weighted by atomic mass is 9.96. The molecule has 0 bridgehead atoms. The van der Waals surface area contributed by atoms with Crippen LogP contribution in [0.15, 0.2) is 12.4 Å². The van der Waals surface area contributed by atoms with Gasteiger partial charge in [-0.15, -0.1) is 0 Å². The molecule has 5 heteroatoms. The van der Waals surface area contributed by atoms with Crippen LogP contribution in [0.3, 0.4) is 0 Å². The van der Waals surface area contributed by atoms with Crippen molar-refractivity contribution in [3.8, 4) is 6.07 Å². The summed E-state index contributed by atoms with van der Waals surface area (Å²) in [6, 6.07) is 4.00. The van der Waals surface area contributed by atoms with Gasteiger partial charge in [0.15, 0.2) is 0 Å². The topological polar surface area (TPSA) is 64.8 Å². The summed E-state index contributed by atoms with van der Waals surface area (Å²) in [5.74, 6) is 1.65. The third-order valence-corrected chi connectivity index (χ3v) is 2.30. The van der Waals surface area contributed by atoms with Gasteiger partial charge < -0.3 is 10.2 Å². The molecule has 1 aromatic rings. The molecular formula is C13H21N5. The minimum atomic E-state index is 0.216. The Bertz CT molecular complexity index is 416. The molecule has 0 aliphatic carbocycles. The molecule has 1 N–H and O–H groups in total. The summed E-state index contributed by atoms with van der Waals surface area (Å²) in [5.41, 5.74) is 0.216. The van der Waals surface area contributed by atoms with E-state index in [1.807, 2.05) is 13.1 Å². The summed E-state index contributed by atoms with van der Waals surface area (Å²) in [4.78, 5) is 10.5. The van der Waals surface area contributed by atoms with E-state index < -0.39 is 0 Å². The van der Waals surface area contributed by atoms with E-state index in [-0.39, 0.29) is 5.41 Å². The van der Waals surface area contributed by atoms with E-state index in [9.17, 15) is 0 Å². The first-order chi connectivity index (χ1) is 8.42. The number of aromatic nitrogens is 2. The van der Waals surface area contributed by atoms with E-state index in [2.05, 4.69) is 47.0 Å². The van der Waals surface area contributed by atoms with Crippen molar-refractivity contribution in [1.82, 2.24) is 9.97 Å². The Balaban J connectivity index is 2.67. The van der Waals surface area contributed by atoms with Crippen molar-refractivity contribution in [2.24, 2.45) is 5.41 Å². The quantitative estimate of drug-likeness (QED) is 0.809. The first-order valence-corrected chi connectivity index (χ1v) is 6.06. The molecule has 0 amide bonds. The standard InChI is InChI=1S/C13H21N5/c1-13(2,3)9-18(4)12-8-11(16-10-17-12)15-7-5-6-14/h8,10H,5,7,9H2,1-4H3,(H,15,16,17). The van der Waals surface area contributed by atoms with E-state index in [1.54, 1.807) is 6.33 Å². The number of nitrogens with zero attached hydrogens (tertiary/aromatic N) is 4. The Morgan fingerprint density at radius 3 is 2.72 bits per heavy atom. The molecule has 0 saturated heterocycles. The summed E-state index contributed by atoms with van der Waals surface area (Å²) in [6.07, 6.45) is 2.01. The number of hydrogen-bond acceptors (Lipinski definition) is 5. The Labute approximate surface area is 109 Å². The van der Waals surface area contributed by atoms with Crippen LogP contribution in [0.4, 0.5) is 11.6 Å². The van der Waals surface area contributed by atoms with Crippen LogP contribution in [-0.4, -0.2) is 30.1 Å². The van der Waals surface area contributed by atoms with Gasteiger partial charge in [-0.3, -0.25) is 0 Å². The van der Waals surface area contributed by atoms with Gasteiger partial charge >= 0.3 is 0 Å². The average molecular weight is 247 g/mol. The molecule has 0 atom stereocenters. The highest BCUT2D eigenvalue weighted by atomic mass is 15.2. The first kappa shape index (κ1) is 14.2. The van der Waals surface area contributed by atoms with Crippen LogP contribution in [0.25, 0.3) is 0 Å². The van der Waals surface area contributed by atoms with Gasteiger partial charge in [0.1, 0.15) is 18.0 Å². The average Bonchev–Trinajstić information content (AvgIpc) is 2.27. The summed E-state index contributed by atoms with van der Waals surface area (Å²) >= 11 is 0. The first-order valence-electron chi connectivity index (χ1n) is 6.06. The SMILES string of the molecule is CN(CC(C)(C)C)c1cc(NCCC#N)ncn1. The van der Waals surface area contributed by atoms with Gasteiger partial charge in [0, 0.05) is 26.2 Å². The van der Waals surface area contributed by atoms with Crippen LogP contribution in [0.1, 0.15) is 27.2 Å². The van der Waals surface area contributed by atoms with Gasteiger partial charge in [-0.05, 0) is 5.41 Å². The van der Waals surface area contributed by atoms with Gasteiger partial charge in [0.25, 0.3) is 0 Å². The molecule has 0 spiro atoms. The molecule has 0 aromatic carbocycles. The van der Waals surface area contributed by atoms with Crippen LogP contribution >= 0.6 is 0 Å². The molecule has 1 heterocycles. The zero-order valence-electron chi connectivity index (χ0n) is 11.6. The fraction of sp³-hybridized carbons (Fsp3) is 0.615. The van der Waals surface area contributed by atoms with E-state index in [0.29, 0.717) is 13.0 Å². The van der Waals surface area contributed by atoms with E-state index >= 15 is 0 Å². The van der Waals surface area contributed by atoms with Crippen LogP contribution in [-0.2, 0) is 0 Å². The molecule has 98 valence electrons. The van der Waals surface area contributed by atoms with E-state index in [4.69, 9.17) is 5.26 Å². The molecule has 0 fully saturated rings. The van der Waals surface area contributed by atoms with Crippen molar-refractivity contribution < 1.29 is 0 Å². The van der Waals surface area contributed by atoms with Crippen molar-refractivity contribution >= 4 is 11.6 Å². The number of anilines is 2. The lowest BCUT2D eigenvalue weighted by Crippen LogP contribution is -2.29. The van der Waals surface area contributed by atoms with Crippen LogP contribution in [0.2, 0.25) is 0 Å². The monoisotopic (exact) mass is 247 g/mol. The van der Waals surface area contributed by atoms with Gasteiger partial charge in [0.2, 0.25) is 0 Å². The predicted octanol–water partition coefficient (Wildman–Crippen LogP) is 2.28. The second kappa shape index (κ2) is 6.20. The van der Waals surface area contributed by atoms with Crippen molar-refractivity contribution in [3.05, 3.63) is 12.4 Å². The van der Waals surface area contributed by atoms with Crippen molar-refractivity contribution in [3.63, 3.8) is 0 Å². The Morgan fingerprint density at radius 2 is 2.11 bits per heavy atom. The highest BCUT2D eigenvalue weighted by Gasteiger charge is 2.14. The van der Waals surface area contributed by atoms with E-state index in [1.165, 1.54) is 0 Å². The Hall–Kier alpha value is -1.83. The molecule has 1 rings (SSSR count). The molecule has 5 nitrogen and oxygen atoms in total. The molecule has 0 aliphatic rings. The van der Waals surface area contributed by atoms with Gasteiger partial charge in [0.05, 0.1) is 12.5 Å². The minimum absolute atomic E-state index is 0.216. The van der Waals surface area contributed by atoms with Crippen molar-refractivity contribution in [1.29, 1.82) is 5.26 Å². The fourth-order valence-electron chi connectivity index (χ4n) is 1.69. The largest absolute Gasteiger partial charge is 0.369 e. The smallest absolute Gasteiger partial charge is 0.133 e. The fourth-order valence-corrected chi connectivity index (χ4v) is 1.69. The molecule has 0 unspecified atom stereocenters. The maximum atomic E-state index is 8.48. The molecule has 1 aromatic heterocycles. The maximum absolute atomic E-state index is 8.48. The second-order valence-corrected chi connectivity index (χ2v) is 5.51. The number of nitriles is 1. The molecule has 0 radical (unpaired) electrons. The number of rotatable bonds is 5. The van der Waals surface area contributed by atoms with Crippen LogP contribution < -0.4 is 10.2 Å². The molecule has 18 heavy (non-hydrogen) atoms. The van der Waals surface area contributed by atoms with Crippen molar-refractivity contribution in [2.75, 3.05) is 30.4 Å². The predicted molar refractivity (Wildman–Crippen MR) is 73.5 cm³/mol. The summed E-state index contributed by atoms with van der Waals surface area (Å²) in [7, 11) is 2.02. The maximum Gasteiger partial charge on any atom is 0.133 e. The zero-order valence-corrected chi connectivity index (χ0v) is 11.6. The zero-order chi connectivity index (χ0) is 13.6. The minimum Gasteiger partial charge on any atom is -0.369 e. The molecule has 0 aliphatic heterocycles. The summed E-state index contributed by atoms with van der Waals surface area (Å²) in [6.45, 7) is 8.10. The van der Waals surface area contributed by atoms with Crippen LogP contribution in [0, 0.1) is 16.7 Å². The van der Waals surface area contributed by atoms with Gasteiger partial charge in [-0.2, -0.15) is 5.26 Å². The number of hydrogen-bond donors (Lipinski definition) is 1. The second-order valence-electron chi connectivity index (χ2n) is 5.51. The van der Waals surface area contributed by atoms with Gasteiger partial charge in [-0.1, -0.05) is 20.8 Å². The third kappa shape index (κ3) is 5.00. The number of nitrogens with one attached hydrogen (secondary N) is 1. The van der Waals surface area contributed by atoms with Crippen LogP contribution in [0.5, 0.6) is 0 Å². The molecular weight excluding hydrogens is 226 g/mol. The lowest BCUT2D eigenvalue weighted by Gasteiger charge is -2.27. The third-order valence-electron chi connectivity index (χ3n) is 2.30. The highest BCUT2D eigenvalue weighted by molar-refractivity contribution is 5.48. The lowest BCUT2D eigenvalue weighted by molar-refractivity contribution is 0.418. The summed E-state index contributed by atoms with van der Waals surface area (Å²) < 4.78 is 0. The summed E-state index contributed by atoms with van der Waals surface area (Å²) in [5, 5.41) is 11.6. The van der Waals surface area contributed by atoms with Crippen molar-refractivity contribution in [2.45, 2.75) is 27.2 Å². The van der Waals surface area contributed by atoms with Gasteiger partial charge in [-0.25, -0.2) is 9.97 Å².